The molecule has 162 valence electrons. The topological polar surface area (TPSA) is 76.1 Å². The lowest BCUT2D eigenvalue weighted by molar-refractivity contribution is -0.115. The molecule has 0 saturated carbocycles. The molecule has 31 heavy (non-hydrogen) atoms. The summed E-state index contributed by atoms with van der Waals surface area (Å²) < 4.78 is 26.4. The first-order valence-corrected chi connectivity index (χ1v) is 13.5. The third-order valence-corrected chi connectivity index (χ3v) is 9.06. The van der Waals surface area contributed by atoms with Gasteiger partial charge in [-0.25, -0.2) is 13.4 Å². The third kappa shape index (κ3) is 5.37. The Balaban J connectivity index is 1.36. The van der Waals surface area contributed by atoms with E-state index < -0.39 is 9.84 Å². The molecule has 1 amide bonds. The molecule has 1 heterocycles. The van der Waals surface area contributed by atoms with Crippen molar-refractivity contribution in [3.8, 4) is 0 Å². The Morgan fingerprint density at radius 3 is 2.68 bits per heavy atom. The van der Waals surface area contributed by atoms with Gasteiger partial charge in [0, 0.05) is 28.1 Å². The van der Waals surface area contributed by atoms with Crippen LogP contribution in [0, 0.1) is 13.8 Å². The van der Waals surface area contributed by atoms with Crippen LogP contribution >= 0.6 is 23.1 Å². The number of hydrogen-bond acceptors (Lipinski definition) is 6. The number of hydrogen-bond donors (Lipinski definition) is 1. The van der Waals surface area contributed by atoms with E-state index in [4.69, 9.17) is 0 Å². The van der Waals surface area contributed by atoms with Gasteiger partial charge >= 0.3 is 0 Å². The van der Waals surface area contributed by atoms with Crippen molar-refractivity contribution in [2.45, 2.75) is 53.7 Å². The fourth-order valence-electron chi connectivity index (χ4n) is 3.62. The van der Waals surface area contributed by atoms with E-state index in [9.17, 15) is 13.2 Å². The molecule has 8 heteroatoms. The minimum absolute atomic E-state index is 0.0756. The standard InChI is InChI=1S/C23H24N2O3S3/c1-15-12-19(30-23-24-16(2)14-29-23)7-9-21(15)25-22(26)10-11-31(27,28)20-8-6-17-4-3-5-18(17)13-20/h6-9,12-14H,3-5,10-11H2,1-2H3,(H,25,26). The molecular formula is C23H24N2O3S3. The van der Waals surface area contributed by atoms with Gasteiger partial charge in [-0.15, -0.1) is 11.3 Å². The molecule has 0 fully saturated rings. The monoisotopic (exact) mass is 472 g/mol. The largest absolute Gasteiger partial charge is 0.326 e. The zero-order valence-electron chi connectivity index (χ0n) is 17.5. The van der Waals surface area contributed by atoms with Crippen LogP contribution in [-0.4, -0.2) is 25.1 Å². The maximum Gasteiger partial charge on any atom is 0.225 e. The third-order valence-electron chi connectivity index (χ3n) is 5.30. The molecule has 0 radical (unpaired) electrons. The summed E-state index contributed by atoms with van der Waals surface area (Å²) >= 11 is 3.19. The lowest BCUT2D eigenvalue weighted by Crippen LogP contribution is -2.18. The van der Waals surface area contributed by atoms with Crippen molar-refractivity contribution < 1.29 is 13.2 Å². The summed E-state index contributed by atoms with van der Waals surface area (Å²) in [7, 11) is -3.49. The maximum absolute atomic E-state index is 12.7. The summed E-state index contributed by atoms with van der Waals surface area (Å²) in [4.78, 5) is 18.2. The minimum atomic E-state index is -3.49. The van der Waals surface area contributed by atoms with Crippen molar-refractivity contribution in [3.05, 3.63) is 64.2 Å². The highest BCUT2D eigenvalue weighted by Gasteiger charge is 2.20. The summed E-state index contributed by atoms with van der Waals surface area (Å²) in [6, 6.07) is 11.1. The van der Waals surface area contributed by atoms with Gasteiger partial charge in [-0.3, -0.25) is 4.79 Å². The molecule has 3 aromatic rings. The van der Waals surface area contributed by atoms with E-state index >= 15 is 0 Å². The van der Waals surface area contributed by atoms with Gasteiger partial charge in [0.15, 0.2) is 14.2 Å². The van der Waals surface area contributed by atoms with Crippen LogP contribution in [0.3, 0.4) is 0 Å². The van der Waals surface area contributed by atoms with Crippen molar-refractivity contribution in [1.29, 1.82) is 0 Å². The van der Waals surface area contributed by atoms with Crippen LogP contribution in [0.5, 0.6) is 0 Å². The Hall–Kier alpha value is -2.16. The number of aromatic nitrogens is 1. The molecule has 0 saturated heterocycles. The number of anilines is 1. The normalized spacial score (nSPS) is 13.2. The number of sulfone groups is 1. The first-order chi connectivity index (χ1) is 14.8. The van der Waals surface area contributed by atoms with E-state index in [1.807, 2.05) is 43.5 Å². The maximum atomic E-state index is 12.7. The Labute approximate surface area is 191 Å². The SMILES string of the molecule is Cc1csc(Sc2ccc(NC(=O)CCS(=O)(=O)c3ccc4c(c3)CCC4)c(C)c2)n1. The summed E-state index contributed by atoms with van der Waals surface area (Å²) in [5, 5.41) is 4.86. The Bertz CT molecular complexity index is 1230. The predicted molar refractivity (Wildman–Crippen MR) is 126 cm³/mol. The van der Waals surface area contributed by atoms with Gasteiger partial charge in [-0.1, -0.05) is 17.8 Å². The first-order valence-electron chi connectivity index (χ1n) is 10.2. The predicted octanol–water partition coefficient (Wildman–Crippen LogP) is 5.20. The molecule has 1 aliphatic carbocycles. The molecule has 0 spiro atoms. The number of aryl methyl sites for hydroxylation is 4. The first kappa shape index (κ1) is 22.0. The van der Waals surface area contributed by atoms with Crippen molar-refractivity contribution in [3.63, 3.8) is 0 Å². The second kappa shape index (κ2) is 9.14. The number of carbonyl (C=O) groups is 1. The second-order valence-corrected chi connectivity index (χ2v) is 12.0. The Morgan fingerprint density at radius 2 is 1.94 bits per heavy atom. The number of benzene rings is 2. The number of thiazole rings is 1. The van der Waals surface area contributed by atoms with Crippen LogP contribution in [0.2, 0.25) is 0 Å². The molecule has 0 atom stereocenters. The fraction of sp³-hybridized carbons (Fsp3) is 0.304. The molecule has 1 aliphatic rings. The Morgan fingerprint density at radius 1 is 1.13 bits per heavy atom. The van der Waals surface area contributed by atoms with Gasteiger partial charge in [-0.2, -0.15) is 0 Å². The van der Waals surface area contributed by atoms with Gasteiger partial charge < -0.3 is 5.32 Å². The van der Waals surface area contributed by atoms with Crippen molar-refractivity contribution in [1.82, 2.24) is 4.98 Å². The van der Waals surface area contributed by atoms with E-state index in [0.717, 1.165) is 45.3 Å². The van der Waals surface area contributed by atoms with Gasteiger partial charge in [0.05, 0.1) is 10.6 Å². The van der Waals surface area contributed by atoms with Crippen molar-refractivity contribution in [2.24, 2.45) is 0 Å². The molecular weight excluding hydrogens is 448 g/mol. The van der Waals surface area contributed by atoms with Gasteiger partial charge in [0.2, 0.25) is 5.91 Å². The number of amides is 1. The van der Waals surface area contributed by atoms with E-state index in [1.165, 1.54) is 5.56 Å². The summed E-state index contributed by atoms with van der Waals surface area (Å²) in [5.74, 6) is -0.502. The smallest absolute Gasteiger partial charge is 0.225 e. The van der Waals surface area contributed by atoms with Gasteiger partial charge in [-0.05, 0) is 80.1 Å². The summed E-state index contributed by atoms with van der Waals surface area (Å²) in [6.07, 6.45) is 2.93. The van der Waals surface area contributed by atoms with Crippen molar-refractivity contribution >= 4 is 44.5 Å². The highest BCUT2D eigenvalue weighted by molar-refractivity contribution is 8.01. The molecule has 0 bridgehead atoms. The number of carbonyl (C=O) groups excluding carboxylic acids is 1. The number of nitrogens with zero attached hydrogens (tertiary/aromatic N) is 1. The van der Waals surface area contributed by atoms with Crippen LogP contribution in [0.4, 0.5) is 5.69 Å². The Kier molecular flexibility index (Phi) is 6.50. The average molecular weight is 473 g/mol. The van der Waals surface area contributed by atoms with Crippen LogP contribution < -0.4 is 5.32 Å². The van der Waals surface area contributed by atoms with Gasteiger partial charge in [0.1, 0.15) is 0 Å². The molecule has 1 aromatic heterocycles. The highest BCUT2D eigenvalue weighted by Crippen LogP contribution is 2.32. The molecule has 1 N–H and O–H groups in total. The van der Waals surface area contributed by atoms with Crippen LogP contribution in [0.15, 0.2) is 55.9 Å². The minimum Gasteiger partial charge on any atom is -0.326 e. The van der Waals surface area contributed by atoms with Crippen molar-refractivity contribution in [2.75, 3.05) is 11.1 Å². The highest BCUT2D eigenvalue weighted by atomic mass is 32.2. The zero-order chi connectivity index (χ0) is 22.0. The lowest BCUT2D eigenvalue weighted by Gasteiger charge is -2.11. The van der Waals surface area contributed by atoms with Gasteiger partial charge in [0.25, 0.3) is 0 Å². The summed E-state index contributed by atoms with van der Waals surface area (Å²) in [6.45, 7) is 3.89. The molecule has 5 nitrogen and oxygen atoms in total. The number of rotatable bonds is 7. The number of fused-ring (bicyclic) bond motifs is 1. The fourth-order valence-corrected chi connectivity index (χ4v) is 6.82. The second-order valence-electron chi connectivity index (χ2n) is 7.73. The van der Waals surface area contributed by atoms with Crippen LogP contribution in [-0.2, 0) is 27.5 Å². The molecule has 0 unspecified atom stereocenters. The zero-order valence-corrected chi connectivity index (χ0v) is 19.9. The molecule has 2 aromatic carbocycles. The number of nitrogens with one attached hydrogen (secondary N) is 1. The lowest BCUT2D eigenvalue weighted by atomic mass is 10.1. The van der Waals surface area contributed by atoms with Crippen LogP contribution in [0.1, 0.15) is 35.2 Å². The van der Waals surface area contributed by atoms with E-state index in [1.54, 1.807) is 35.2 Å². The van der Waals surface area contributed by atoms with E-state index in [-0.39, 0.29) is 18.1 Å². The average Bonchev–Trinajstić information content (AvgIpc) is 3.36. The quantitative estimate of drug-likeness (QED) is 0.511. The van der Waals surface area contributed by atoms with E-state index in [2.05, 4.69) is 10.3 Å². The molecule has 0 aliphatic heterocycles. The summed E-state index contributed by atoms with van der Waals surface area (Å²) in [5.41, 5.74) is 4.97. The van der Waals surface area contributed by atoms with E-state index in [0.29, 0.717) is 10.6 Å². The van der Waals surface area contributed by atoms with Crippen LogP contribution in [0.25, 0.3) is 0 Å². The molecule has 4 rings (SSSR count).